The van der Waals surface area contributed by atoms with Crippen LogP contribution in [-0.2, 0) is 25.8 Å². The first-order valence-electron chi connectivity index (χ1n) is 1.58. The molecular formula is C3H7NO4V. The molecule has 0 atom stereocenters. The Kier molecular flexibility index (Phi) is 18.7. The number of aliphatic hydroxyl groups is 1. The zero-order valence-corrected chi connectivity index (χ0v) is 6.13. The van der Waals surface area contributed by atoms with E-state index < -0.39 is 12.1 Å². The van der Waals surface area contributed by atoms with Crippen LogP contribution in [0.5, 0.6) is 0 Å². The Hall–Kier alpha value is -0.356. The number of nitrogens with two attached hydrogens (primary N) is 1. The van der Waals surface area contributed by atoms with Crippen LogP contribution in [0.3, 0.4) is 0 Å². The number of carboxylic acid groups (broad SMARTS) is 1. The van der Waals surface area contributed by atoms with Gasteiger partial charge in [0.2, 0.25) is 0 Å². The van der Waals surface area contributed by atoms with Crippen molar-refractivity contribution in [3.8, 4) is 0 Å². The van der Waals surface area contributed by atoms with E-state index in [4.69, 9.17) is 13.9 Å². The molecule has 6 heteroatoms. The fourth-order valence-corrected chi connectivity index (χ4v) is 0. The minimum atomic E-state index is -1.27. The van der Waals surface area contributed by atoms with Gasteiger partial charge in [-0.25, -0.2) is 0 Å². The molecule has 0 aromatic carbocycles. The third kappa shape index (κ3) is 18.3. The van der Waals surface area contributed by atoms with Crippen LogP contribution in [0.2, 0.25) is 0 Å². The molecule has 0 aliphatic carbocycles. The molecule has 5 nitrogen and oxygen atoms in total. The number of carbonyl (C=O) groups is 1. The molecule has 0 spiro atoms. The summed E-state index contributed by atoms with van der Waals surface area (Å²) in [5.41, 5.74) is 0. The molecule has 0 unspecified atom stereocenters. The maximum atomic E-state index is 9.41. The summed E-state index contributed by atoms with van der Waals surface area (Å²) in [5.74, 6) is -1.27. The first kappa shape index (κ1) is 15.9. The molecule has 0 radical (unpaired) electrons. The van der Waals surface area contributed by atoms with Crippen LogP contribution >= 0.6 is 0 Å². The summed E-state index contributed by atoms with van der Waals surface area (Å²) in [4.78, 5) is 9.41. The van der Waals surface area contributed by atoms with Crippen molar-refractivity contribution < 1.29 is 36.1 Å². The number of hydrogen-bond acceptors (Lipinski definition) is 3. The Bertz CT molecular complexity index is 76.2. The Morgan fingerprint density at radius 2 is 1.67 bits per heavy atom. The Balaban J connectivity index is -0.000000109. The van der Waals surface area contributed by atoms with E-state index in [-0.39, 0.29) is 6.15 Å². The number of aliphatic carboxylic acids is 1. The number of rotatable bonds is 1. The molecule has 0 rings (SSSR count). The van der Waals surface area contributed by atoms with Crippen LogP contribution in [-0.4, -0.2) is 16.2 Å². The third-order valence-electron chi connectivity index (χ3n) is 0.310. The number of carboxylic acids is 1. The van der Waals surface area contributed by atoms with Crippen molar-refractivity contribution in [2.24, 2.45) is 0 Å². The van der Waals surface area contributed by atoms with E-state index in [1.54, 1.807) is 0 Å². The summed E-state index contributed by atoms with van der Waals surface area (Å²) < 4.78 is 8.19. The summed E-state index contributed by atoms with van der Waals surface area (Å²) in [6.07, 6.45) is -0.574. The van der Waals surface area contributed by atoms with Gasteiger partial charge in [-0.05, 0) is 0 Å². The van der Waals surface area contributed by atoms with Gasteiger partial charge in [0.1, 0.15) is 0 Å². The molecule has 0 aromatic heterocycles. The second kappa shape index (κ2) is 10.6. The van der Waals surface area contributed by atoms with Gasteiger partial charge < -0.3 is 16.4 Å². The molecule has 0 amide bonds. The van der Waals surface area contributed by atoms with Gasteiger partial charge in [0, 0.05) is 0 Å². The predicted molar refractivity (Wildman–Crippen MR) is 24.5 cm³/mol. The Morgan fingerprint density at radius 1 is 1.56 bits per heavy atom. The summed E-state index contributed by atoms with van der Waals surface area (Å²) in [7, 11) is 0. The quantitative estimate of drug-likeness (QED) is 0.564. The molecule has 53 valence electrons. The van der Waals surface area contributed by atoms with E-state index in [0.717, 1.165) is 24.3 Å². The van der Waals surface area contributed by atoms with Crippen molar-refractivity contribution in [2.75, 3.05) is 0 Å². The fourth-order valence-electron chi connectivity index (χ4n) is 0. The minimum absolute atomic E-state index is 0. The molecule has 0 bridgehead atoms. The van der Waals surface area contributed by atoms with E-state index in [1.807, 2.05) is 0 Å². The standard InChI is InChI=1S/C3H5O3.H2N.O.V/c1-2(4)3(5)6;;;/h4H,1H3,(H,5,6);1H2;;/q2*-1;;+2. The van der Waals surface area contributed by atoms with Crippen molar-refractivity contribution in [1.82, 2.24) is 0 Å². The van der Waals surface area contributed by atoms with Crippen LogP contribution in [0.1, 0.15) is 6.92 Å². The van der Waals surface area contributed by atoms with Crippen molar-refractivity contribution >= 4 is 5.97 Å². The second-order valence-electron chi connectivity index (χ2n) is 0.891. The molecule has 0 saturated heterocycles. The zero-order chi connectivity index (χ0) is 7.15. The fraction of sp³-hybridized carbons (Fsp3) is 0.333. The van der Waals surface area contributed by atoms with Crippen LogP contribution in [0.25, 0.3) is 6.15 Å². The SMILES string of the molecule is C[C-](O)C(=O)O.[NH2-].[O]=[V+2]. The van der Waals surface area contributed by atoms with Gasteiger partial charge in [0.05, 0.1) is 0 Å². The van der Waals surface area contributed by atoms with Gasteiger partial charge in [0.25, 0.3) is 0 Å². The Morgan fingerprint density at radius 3 is 1.67 bits per heavy atom. The number of aliphatic hydroxyl groups excluding tert-OH is 1. The molecule has 0 aliphatic heterocycles. The van der Waals surface area contributed by atoms with Crippen molar-refractivity contribution in [3.05, 3.63) is 12.3 Å². The molecule has 9 heavy (non-hydrogen) atoms. The Labute approximate surface area is 61.9 Å². The summed E-state index contributed by atoms with van der Waals surface area (Å²) in [6, 6.07) is 0. The van der Waals surface area contributed by atoms with Crippen molar-refractivity contribution in [3.63, 3.8) is 0 Å². The molecule has 0 heterocycles. The molecule has 0 aliphatic rings. The normalized spacial score (nSPS) is 5.78. The van der Waals surface area contributed by atoms with E-state index in [0.29, 0.717) is 0 Å². The summed E-state index contributed by atoms with van der Waals surface area (Å²) >= 11 is 1.06. The molecular weight excluding hydrogens is 165 g/mol. The van der Waals surface area contributed by atoms with Crippen LogP contribution in [0, 0.1) is 6.10 Å². The first-order valence-corrected chi connectivity index (χ1v) is 2.15. The van der Waals surface area contributed by atoms with Gasteiger partial charge in [-0.15, -0.1) is 6.92 Å². The molecule has 4 N–H and O–H groups in total. The van der Waals surface area contributed by atoms with E-state index in [1.165, 1.54) is 0 Å². The third-order valence-corrected chi connectivity index (χ3v) is 0.310. The van der Waals surface area contributed by atoms with E-state index >= 15 is 0 Å². The molecule has 0 saturated carbocycles. The average Bonchev–Trinajstić information content (AvgIpc) is 1.72. The maximum absolute atomic E-state index is 9.41. The van der Waals surface area contributed by atoms with Gasteiger partial charge >= 0.3 is 21.0 Å². The molecule has 0 aromatic rings. The first-order chi connectivity index (χ1) is 3.64. The van der Waals surface area contributed by atoms with E-state index in [9.17, 15) is 4.79 Å². The zero-order valence-electron chi connectivity index (χ0n) is 4.74. The van der Waals surface area contributed by atoms with Gasteiger partial charge in [-0.3, -0.25) is 4.79 Å². The average molecular weight is 172 g/mol. The van der Waals surface area contributed by atoms with Gasteiger partial charge in [-0.2, -0.15) is 6.10 Å². The molecule has 0 fully saturated rings. The number of hydrogen-bond donors (Lipinski definition) is 2. The van der Waals surface area contributed by atoms with E-state index in [2.05, 4.69) is 0 Å². The topological polar surface area (TPSA) is 108 Å². The van der Waals surface area contributed by atoms with Gasteiger partial charge in [-0.1, -0.05) is 0 Å². The van der Waals surface area contributed by atoms with Crippen LogP contribution < -0.4 is 0 Å². The monoisotopic (exact) mass is 172 g/mol. The summed E-state index contributed by atoms with van der Waals surface area (Å²) in [6.45, 7) is 1.11. The van der Waals surface area contributed by atoms with Crippen LogP contribution in [0.4, 0.5) is 0 Å². The van der Waals surface area contributed by atoms with Crippen molar-refractivity contribution in [2.45, 2.75) is 6.92 Å². The van der Waals surface area contributed by atoms with Crippen LogP contribution in [0.15, 0.2) is 0 Å². The van der Waals surface area contributed by atoms with Gasteiger partial charge in [0.15, 0.2) is 5.97 Å². The predicted octanol–water partition coefficient (Wildman–Crippen LogP) is 0.591. The van der Waals surface area contributed by atoms with Crippen molar-refractivity contribution in [1.29, 1.82) is 0 Å². The summed E-state index contributed by atoms with van der Waals surface area (Å²) in [5, 5.41) is 15.7. The second-order valence-corrected chi connectivity index (χ2v) is 0.891.